The summed E-state index contributed by atoms with van der Waals surface area (Å²) >= 11 is 0. The van der Waals surface area contributed by atoms with Crippen molar-refractivity contribution in [2.45, 2.75) is 6.54 Å². The normalized spacial score (nSPS) is 10.7. The summed E-state index contributed by atoms with van der Waals surface area (Å²) < 4.78 is 5.05. The van der Waals surface area contributed by atoms with Crippen LogP contribution in [0.25, 0.3) is 11.0 Å². The number of nitrogens with one attached hydrogen (secondary N) is 2. The smallest absolute Gasteiger partial charge is 0.338 e. The van der Waals surface area contributed by atoms with Gasteiger partial charge in [-0.3, -0.25) is 4.79 Å². The fraction of sp³-hybridized carbons (Fsp3) is 0.0714. The molecule has 0 aliphatic rings. The molecule has 0 radical (unpaired) electrons. The molecule has 0 bridgehead atoms. The van der Waals surface area contributed by atoms with Gasteiger partial charge in [-0.05, 0) is 24.3 Å². The van der Waals surface area contributed by atoms with Gasteiger partial charge in [0.15, 0.2) is 0 Å². The number of aromatic carboxylic acids is 1. The molecule has 0 saturated heterocycles. The lowest BCUT2D eigenvalue weighted by Crippen LogP contribution is -2.23. The number of amides is 1. The van der Waals surface area contributed by atoms with Crippen molar-refractivity contribution < 1.29 is 19.1 Å². The van der Waals surface area contributed by atoms with E-state index < -0.39 is 5.97 Å². The molecule has 0 spiro atoms. The maximum absolute atomic E-state index is 12.0. The number of pyridine rings is 1. The van der Waals surface area contributed by atoms with Gasteiger partial charge in [-0.1, -0.05) is 0 Å². The maximum atomic E-state index is 12.0. The van der Waals surface area contributed by atoms with E-state index in [2.05, 4.69) is 15.3 Å². The van der Waals surface area contributed by atoms with E-state index in [4.69, 9.17) is 9.52 Å². The Morgan fingerprint density at radius 1 is 1.33 bits per heavy atom. The number of nitrogens with zero attached hydrogens (tertiary/aromatic N) is 1. The number of hydrogen-bond acceptors (Lipinski definition) is 4. The number of carboxylic acid groups (broad SMARTS) is 1. The first-order chi connectivity index (χ1) is 10.1. The van der Waals surface area contributed by atoms with E-state index in [0.29, 0.717) is 11.3 Å². The third-order valence-corrected chi connectivity index (χ3v) is 2.96. The third kappa shape index (κ3) is 2.62. The third-order valence-electron chi connectivity index (χ3n) is 2.96. The molecule has 3 aromatic heterocycles. The zero-order valence-corrected chi connectivity index (χ0v) is 10.8. The summed E-state index contributed by atoms with van der Waals surface area (Å²) in [6.45, 7) is 0.0962. The van der Waals surface area contributed by atoms with E-state index in [1.807, 2.05) is 0 Å². The van der Waals surface area contributed by atoms with Crippen LogP contribution in [0.3, 0.4) is 0 Å². The fourth-order valence-corrected chi connectivity index (χ4v) is 1.90. The zero-order chi connectivity index (χ0) is 14.8. The summed E-state index contributed by atoms with van der Waals surface area (Å²) in [5.41, 5.74) is 1.88. The molecular formula is C14H11N3O4. The van der Waals surface area contributed by atoms with E-state index in [1.54, 1.807) is 24.4 Å². The fourth-order valence-electron chi connectivity index (χ4n) is 1.90. The maximum Gasteiger partial charge on any atom is 0.338 e. The Labute approximate surface area is 118 Å². The topological polar surface area (TPSA) is 108 Å². The molecule has 3 rings (SSSR count). The van der Waals surface area contributed by atoms with Gasteiger partial charge < -0.3 is 19.8 Å². The molecule has 0 aliphatic carbocycles. The number of carboxylic acids is 1. The molecule has 0 fully saturated rings. The number of fused-ring (bicyclic) bond motifs is 1. The SMILES string of the molecule is O=C(O)c1coc(CNC(=O)c2ccc3[nH]ccc3n2)c1. The van der Waals surface area contributed by atoms with Crippen LogP contribution in [0.1, 0.15) is 26.6 Å². The Balaban J connectivity index is 1.69. The molecule has 106 valence electrons. The van der Waals surface area contributed by atoms with Gasteiger partial charge in [0.05, 0.1) is 23.1 Å². The molecule has 0 saturated carbocycles. The summed E-state index contributed by atoms with van der Waals surface area (Å²) in [7, 11) is 0. The second-order valence-electron chi connectivity index (χ2n) is 4.40. The van der Waals surface area contributed by atoms with Gasteiger partial charge in [0, 0.05) is 6.20 Å². The van der Waals surface area contributed by atoms with Crippen LogP contribution in [0.15, 0.2) is 41.1 Å². The van der Waals surface area contributed by atoms with Crippen molar-refractivity contribution >= 4 is 22.9 Å². The van der Waals surface area contributed by atoms with Crippen molar-refractivity contribution in [3.8, 4) is 0 Å². The Morgan fingerprint density at radius 3 is 2.95 bits per heavy atom. The Bertz CT molecular complexity index is 818. The van der Waals surface area contributed by atoms with Crippen LogP contribution in [0, 0.1) is 0 Å². The summed E-state index contributed by atoms with van der Waals surface area (Å²) in [5.74, 6) is -1.06. The molecular weight excluding hydrogens is 274 g/mol. The van der Waals surface area contributed by atoms with E-state index in [0.717, 1.165) is 11.8 Å². The van der Waals surface area contributed by atoms with E-state index in [1.165, 1.54) is 6.07 Å². The number of hydrogen-bond donors (Lipinski definition) is 3. The van der Waals surface area contributed by atoms with Crippen LogP contribution in [0.4, 0.5) is 0 Å². The average Bonchev–Trinajstić information content (AvgIpc) is 3.12. The number of aromatic amines is 1. The highest BCUT2D eigenvalue weighted by atomic mass is 16.4. The number of rotatable bonds is 4. The molecule has 7 heteroatoms. The van der Waals surface area contributed by atoms with Gasteiger partial charge in [0.25, 0.3) is 5.91 Å². The standard InChI is InChI=1S/C14H11N3O4/c18-13(12-2-1-10-11(17-12)3-4-15-10)16-6-9-5-8(7-21-9)14(19)20/h1-5,7,15H,6H2,(H,16,18)(H,19,20). The number of carbonyl (C=O) groups excluding carboxylic acids is 1. The second-order valence-corrected chi connectivity index (χ2v) is 4.40. The van der Waals surface area contributed by atoms with Gasteiger partial charge in [0.2, 0.25) is 0 Å². The zero-order valence-electron chi connectivity index (χ0n) is 10.8. The van der Waals surface area contributed by atoms with E-state index in [9.17, 15) is 9.59 Å². The summed E-state index contributed by atoms with van der Waals surface area (Å²) in [4.78, 5) is 29.9. The summed E-state index contributed by atoms with van der Waals surface area (Å²) in [6, 6.07) is 6.52. The molecule has 0 aromatic carbocycles. The van der Waals surface area contributed by atoms with E-state index >= 15 is 0 Å². The highest BCUT2D eigenvalue weighted by Gasteiger charge is 2.11. The molecule has 3 N–H and O–H groups in total. The summed E-state index contributed by atoms with van der Waals surface area (Å²) in [6.07, 6.45) is 2.88. The second kappa shape index (κ2) is 5.12. The van der Waals surface area contributed by atoms with Crippen LogP contribution < -0.4 is 5.32 Å². The lowest BCUT2D eigenvalue weighted by Gasteiger charge is -2.02. The molecule has 3 heterocycles. The number of aromatic nitrogens is 2. The molecule has 0 aliphatic heterocycles. The van der Waals surface area contributed by atoms with Crippen LogP contribution in [-0.4, -0.2) is 27.0 Å². The Kier molecular flexibility index (Phi) is 3.15. The first-order valence-corrected chi connectivity index (χ1v) is 6.16. The van der Waals surface area contributed by atoms with Crippen molar-refractivity contribution in [2.24, 2.45) is 0 Å². The molecule has 3 aromatic rings. The lowest BCUT2D eigenvalue weighted by molar-refractivity contribution is 0.0696. The van der Waals surface area contributed by atoms with Gasteiger partial charge in [0.1, 0.15) is 17.7 Å². The van der Waals surface area contributed by atoms with Crippen molar-refractivity contribution in [3.05, 3.63) is 53.7 Å². The van der Waals surface area contributed by atoms with Gasteiger partial charge in [-0.25, -0.2) is 9.78 Å². The molecule has 21 heavy (non-hydrogen) atoms. The van der Waals surface area contributed by atoms with Crippen molar-refractivity contribution in [3.63, 3.8) is 0 Å². The largest absolute Gasteiger partial charge is 0.478 e. The van der Waals surface area contributed by atoms with Crippen molar-refractivity contribution in [2.75, 3.05) is 0 Å². The first kappa shape index (κ1) is 12.9. The van der Waals surface area contributed by atoms with Crippen LogP contribution in [0.2, 0.25) is 0 Å². The molecule has 0 unspecified atom stereocenters. The highest BCUT2D eigenvalue weighted by molar-refractivity contribution is 5.94. The van der Waals surface area contributed by atoms with Gasteiger partial charge in [-0.15, -0.1) is 0 Å². The predicted molar refractivity (Wildman–Crippen MR) is 72.9 cm³/mol. The molecule has 0 atom stereocenters. The van der Waals surface area contributed by atoms with E-state index in [-0.39, 0.29) is 23.7 Å². The highest BCUT2D eigenvalue weighted by Crippen LogP contribution is 2.11. The monoisotopic (exact) mass is 285 g/mol. The Hall–Kier alpha value is -3.09. The Morgan fingerprint density at radius 2 is 2.19 bits per heavy atom. The van der Waals surface area contributed by atoms with Crippen molar-refractivity contribution in [1.82, 2.24) is 15.3 Å². The minimum Gasteiger partial charge on any atom is -0.478 e. The van der Waals surface area contributed by atoms with Gasteiger partial charge >= 0.3 is 5.97 Å². The predicted octanol–water partition coefficient (Wildman–Crippen LogP) is 1.78. The minimum atomic E-state index is -1.07. The summed E-state index contributed by atoms with van der Waals surface area (Å²) in [5, 5.41) is 11.4. The number of furan rings is 1. The average molecular weight is 285 g/mol. The molecule has 1 amide bonds. The first-order valence-electron chi connectivity index (χ1n) is 6.16. The lowest BCUT2D eigenvalue weighted by atomic mass is 10.3. The van der Waals surface area contributed by atoms with Gasteiger partial charge in [-0.2, -0.15) is 0 Å². The molecule has 7 nitrogen and oxygen atoms in total. The minimum absolute atomic E-state index is 0.0473. The van der Waals surface area contributed by atoms with Crippen LogP contribution in [-0.2, 0) is 6.54 Å². The van der Waals surface area contributed by atoms with Crippen LogP contribution in [0.5, 0.6) is 0 Å². The quantitative estimate of drug-likeness (QED) is 0.677. The van der Waals surface area contributed by atoms with Crippen LogP contribution >= 0.6 is 0 Å². The number of H-pyrrole nitrogens is 1. The number of carbonyl (C=O) groups is 2. The van der Waals surface area contributed by atoms with Crippen molar-refractivity contribution in [1.29, 1.82) is 0 Å².